The van der Waals surface area contributed by atoms with E-state index in [1.54, 1.807) is 0 Å². The van der Waals surface area contributed by atoms with Gasteiger partial charge in [0.15, 0.2) is 11.5 Å². The molecular weight excluding hydrogens is 422 g/mol. The predicted molar refractivity (Wildman–Crippen MR) is 94.9 cm³/mol. The first-order valence-electron chi connectivity index (χ1n) is 7.55. The van der Waals surface area contributed by atoms with Gasteiger partial charge in [-0.3, -0.25) is 9.13 Å². The van der Waals surface area contributed by atoms with Gasteiger partial charge in [0.05, 0.1) is 25.6 Å². The van der Waals surface area contributed by atoms with Crippen molar-refractivity contribution in [3.05, 3.63) is 6.33 Å². The van der Waals surface area contributed by atoms with E-state index in [1.807, 2.05) is 0 Å². The average Bonchev–Trinajstić information content (AvgIpc) is 2.93. The lowest BCUT2D eigenvalue weighted by Gasteiger charge is -2.24. The normalized spacial score (nSPS) is 15.0. The summed E-state index contributed by atoms with van der Waals surface area (Å²) in [6.45, 7) is -0.939. The van der Waals surface area contributed by atoms with E-state index in [0.29, 0.717) is 0 Å². The highest BCUT2D eigenvalue weighted by Gasteiger charge is 2.27. The van der Waals surface area contributed by atoms with Gasteiger partial charge in [-0.1, -0.05) is 0 Å². The Morgan fingerprint density at radius 3 is 2.18 bits per heavy atom. The van der Waals surface area contributed by atoms with Crippen LogP contribution in [0.3, 0.4) is 0 Å². The molecule has 0 aromatic carbocycles. The summed E-state index contributed by atoms with van der Waals surface area (Å²) in [5, 5.41) is 10.4. The largest absolute Gasteiger partial charge is 0.388 e. The minimum Gasteiger partial charge on any atom is -0.388 e. The van der Waals surface area contributed by atoms with Crippen LogP contribution in [-0.2, 0) is 18.6 Å². The topological polar surface area (TPSA) is 249 Å². The average molecular weight is 442 g/mol. The summed E-state index contributed by atoms with van der Waals surface area (Å²) in [6.07, 6.45) is -2.02. The van der Waals surface area contributed by atoms with Crippen LogP contribution in [0.1, 0.15) is 6.04 Å². The smallest absolute Gasteiger partial charge is 0.350 e. The van der Waals surface area contributed by atoms with Crippen LogP contribution in [0, 0.1) is 0 Å². The van der Waals surface area contributed by atoms with Gasteiger partial charge in [0.1, 0.15) is 24.3 Å². The van der Waals surface area contributed by atoms with Gasteiger partial charge in [-0.2, -0.15) is 9.97 Å². The number of hydrogen-bond donors (Lipinski definition) is 7. The number of nitrogen functional groups attached to an aromatic ring is 2. The highest BCUT2D eigenvalue weighted by atomic mass is 31.2. The van der Waals surface area contributed by atoms with Gasteiger partial charge in [-0.15, -0.1) is 0 Å². The van der Waals surface area contributed by atoms with Crippen LogP contribution in [0.4, 0.5) is 11.8 Å². The molecule has 0 bridgehead atoms. The maximum Gasteiger partial charge on any atom is 0.350 e. The second kappa shape index (κ2) is 8.78. The molecule has 0 saturated carbocycles. The number of rotatable bonds is 10. The van der Waals surface area contributed by atoms with Crippen LogP contribution >= 0.6 is 15.2 Å². The number of nitrogens with two attached hydrogens (primary N) is 2. The van der Waals surface area contributed by atoms with Gasteiger partial charge in [-0.05, 0) is 0 Å². The summed E-state index contributed by atoms with van der Waals surface area (Å²) in [5.74, 6) is -0.197. The van der Waals surface area contributed by atoms with Gasteiger partial charge in [0.2, 0.25) is 5.95 Å². The zero-order valence-electron chi connectivity index (χ0n) is 14.3. The standard InChI is InChI=1S/C11H20N6O9P2/c12-9-8-10(16-11(13)15-9)17(3-14-8)6(1-25-4-27(19,20)21)7(18)2-26-5-28(22,23)24/h3,6-7,18H,1-2,4-5H2,(H2,19,20,21)(H2,22,23,24)(H4,12,13,15,16)/t6-,7+/m1/s1. The second-order valence-electron chi connectivity index (χ2n) is 5.75. The van der Waals surface area contributed by atoms with Gasteiger partial charge in [0.25, 0.3) is 0 Å². The van der Waals surface area contributed by atoms with Crippen molar-refractivity contribution in [3.63, 3.8) is 0 Å². The Morgan fingerprint density at radius 1 is 1.04 bits per heavy atom. The van der Waals surface area contributed by atoms with Crippen molar-refractivity contribution < 1.29 is 43.3 Å². The molecule has 0 unspecified atom stereocenters. The van der Waals surface area contributed by atoms with Crippen molar-refractivity contribution in [1.82, 2.24) is 19.5 Å². The van der Waals surface area contributed by atoms with Crippen molar-refractivity contribution in [2.75, 3.05) is 37.4 Å². The minimum absolute atomic E-state index is 0.0247. The third-order valence-electron chi connectivity index (χ3n) is 3.36. The summed E-state index contributed by atoms with van der Waals surface area (Å²) in [4.78, 5) is 47.2. The van der Waals surface area contributed by atoms with Crippen LogP contribution in [0.5, 0.6) is 0 Å². The SMILES string of the molecule is Nc1nc(N)c2ncn([C@H](COCP(=O)(O)O)[C@@H](O)COCP(=O)(O)O)c2n1. The van der Waals surface area contributed by atoms with Crippen LogP contribution in [0.2, 0.25) is 0 Å². The van der Waals surface area contributed by atoms with Gasteiger partial charge in [-0.25, -0.2) is 4.98 Å². The molecule has 2 atom stereocenters. The molecule has 15 nitrogen and oxygen atoms in total. The highest BCUT2D eigenvalue weighted by molar-refractivity contribution is 7.51. The molecule has 2 heterocycles. The van der Waals surface area contributed by atoms with Crippen molar-refractivity contribution >= 4 is 38.1 Å². The number of nitrogens with zero attached hydrogens (tertiary/aromatic N) is 4. The van der Waals surface area contributed by atoms with E-state index in [9.17, 15) is 14.2 Å². The van der Waals surface area contributed by atoms with Crippen molar-refractivity contribution in [2.24, 2.45) is 0 Å². The molecule has 0 amide bonds. The van der Waals surface area contributed by atoms with E-state index < -0.39 is 53.2 Å². The van der Waals surface area contributed by atoms with Crippen molar-refractivity contribution in [3.8, 4) is 0 Å². The van der Waals surface area contributed by atoms with E-state index in [0.717, 1.165) is 0 Å². The molecule has 9 N–H and O–H groups in total. The summed E-state index contributed by atoms with van der Waals surface area (Å²) in [7, 11) is -8.91. The molecule has 17 heteroatoms. The molecule has 0 fully saturated rings. The monoisotopic (exact) mass is 442 g/mol. The molecule has 0 aliphatic rings. The Labute approximate surface area is 157 Å². The van der Waals surface area contributed by atoms with Gasteiger partial charge in [0, 0.05) is 0 Å². The van der Waals surface area contributed by atoms with Crippen molar-refractivity contribution in [1.29, 1.82) is 0 Å². The van der Waals surface area contributed by atoms with Crippen LogP contribution in [-0.4, -0.2) is 76.2 Å². The minimum atomic E-state index is -4.46. The molecule has 0 saturated heterocycles. The van der Waals surface area contributed by atoms with E-state index in [1.165, 1.54) is 10.9 Å². The molecule has 2 aromatic heterocycles. The fourth-order valence-electron chi connectivity index (χ4n) is 2.27. The molecule has 28 heavy (non-hydrogen) atoms. The van der Waals surface area contributed by atoms with E-state index in [2.05, 4.69) is 15.0 Å². The highest BCUT2D eigenvalue weighted by Crippen LogP contribution is 2.35. The lowest BCUT2D eigenvalue weighted by Crippen LogP contribution is -2.32. The Kier molecular flexibility index (Phi) is 7.09. The Balaban J connectivity index is 2.27. The Bertz CT molecular complexity index is 911. The zero-order chi connectivity index (χ0) is 21.1. The molecule has 0 aliphatic heterocycles. The summed E-state index contributed by atoms with van der Waals surface area (Å²) in [5.41, 5.74) is 11.6. The summed E-state index contributed by atoms with van der Waals surface area (Å²) >= 11 is 0. The number of aliphatic hydroxyl groups is 1. The first-order chi connectivity index (χ1) is 12.9. The number of fused-ring (bicyclic) bond motifs is 1. The Morgan fingerprint density at radius 2 is 1.61 bits per heavy atom. The number of hydrogen-bond acceptors (Lipinski definition) is 10. The molecule has 0 aliphatic carbocycles. The van der Waals surface area contributed by atoms with E-state index in [-0.39, 0.29) is 22.9 Å². The van der Waals surface area contributed by atoms with Gasteiger partial charge < -0.3 is 50.2 Å². The summed E-state index contributed by atoms with van der Waals surface area (Å²) in [6, 6.07) is -1.05. The van der Waals surface area contributed by atoms with E-state index >= 15 is 0 Å². The summed E-state index contributed by atoms with van der Waals surface area (Å²) < 4.78 is 32.9. The molecule has 2 aromatic rings. The van der Waals surface area contributed by atoms with Crippen LogP contribution in [0.25, 0.3) is 11.2 Å². The maximum absolute atomic E-state index is 11.0. The third kappa shape index (κ3) is 6.44. The fourth-order valence-corrected chi connectivity index (χ4v) is 2.96. The Hall–Kier alpha value is -1.67. The zero-order valence-corrected chi connectivity index (χ0v) is 16.1. The number of anilines is 2. The number of aliphatic hydroxyl groups excluding tert-OH is 1. The number of imidazole rings is 1. The third-order valence-corrected chi connectivity index (χ3v) is 4.40. The molecule has 0 spiro atoms. The first-order valence-corrected chi connectivity index (χ1v) is 11.1. The number of aromatic nitrogens is 4. The lowest BCUT2D eigenvalue weighted by molar-refractivity contribution is -0.00740. The van der Waals surface area contributed by atoms with E-state index in [4.69, 9.17) is 40.5 Å². The van der Waals surface area contributed by atoms with Crippen LogP contribution in [0.15, 0.2) is 6.33 Å². The predicted octanol–water partition coefficient (Wildman–Crippen LogP) is -1.80. The maximum atomic E-state index is 11.0. The fraction of sp³-hybridized carbons (Fsp3) is 0.545. The first kappa shape index (κ1) is 22.6. The molecular formula is C11H20N6O9P2. The number of ether oxygens (including phenoxy) is 2. The lowest BCUT2D eigenvalue weighted by atomic mass is 10.2. The molecule has 2 rings (SSSR count). The van der Waals surface area contributed by atoms with Crippen molar-refractivity contribution in [2.45, 2.75) is 12.1 Å². The quantitative estimate of drug-likeness (QED) is 0.200. The second-order valence-corrected chi connectivity index (χ2v) is 8.93. The van der Waals surface area contributed by atoms with Crippen LogP contribution < -0.4 is 11.5 Å². The van der Waals surface area contributed by atoms with Gasteiger partial charge >= 0.3 is 15.2 Å². The molecule has 0 radical (unpaired) electrons. The molecule has 158 valence electrons.